The fraction of sp³-hybridized carbons (Fsp3) is 0. The monoisotopic (exact) mass is 395 g/mol. The number of hydrogen-bond donors (Lipinski definition) is 3. The molecule has 0 spiro atoms. The molecular formula is C17H13N7O5. The minimum Gasteiger partial charge on any atom is -0.334 e. The SMILES string of the molecule is O=C(NNc1ncnc(Nc2ccccc2)c1[N+](=O)[O-])c1ccccc1[N+](=O)[O-]. The molecule has 0 saturated heterocycles. The Morgan fingerprint density at radius 1 is 0.862 bits per heavy atom. The van der Waals surface area contributed by atoms with Crippen molar-refractivity contribution in [3.05, 3.63) is 86.7 Å². The quantitative estimate of drug-likeness (QED) is 0.403. The lowest BCUT2D eigenvalue weighted by atomic mass is 10.2. The molecule has 146 valence electrons. The smallest absolute Gasteiger partial charge is 0.334 e. The number of carbonyl (C=O) groups excluding carboxylic acids is 1. The molecule has 0 aliphatic rings. The van der Waals surface area contributed by atoms with Gasteiger partial charge in [-0.05, 0) is 18.2 Å². The summed E-state index contributed by atoms with van der Waals surface area (Å²) in [5.74, 6) is -1.25. The van der Waals surface area contributed by atoms with Crippen LogP contribution in [0.25, 0.3) is 0 Å². The molecule has 2 aromatic carbocycles. The molecule has 1 amide bonds. The predicted octanol–water partition coefficient (Wildman–Crippen LogP) is 2.79. The van der Waals surface area contributed by atoms with E-state index in [9.17, 15) is 25.0 Å². The van der Waals surface area contributed by atoms with Gasteiger partial charge >= 0.3 is 5.69 Å². The number of rotatable bonds is 7. The van der Waals surface area contributed by atoms with Gasteiger partial charge in [0.1, 0.15) is 11.9 Å². The molecule has 1 aromatic heterocycles. The van der Waals surface area contributed by atoms with Crippen molar-refractivity contribution in [2.24, 2.45) is 0 Å². The molecular weight excluding hydrogens is 382 g/mol. The molecule has 0 radical (unpaired) electrons. The summed E-state index contributed by atoms with van der Waals surface area (Å²) < 4.78 is 0. The summed E-state index contributed by atoms with van der Waals surface area (Å²) in [6.45, 7) is 0. The Morgan fingerprint density at radius 2 is 1.52 bits per heavy atom. The normalized spacial score (nSPS) is 10.1. The van der Waals surface area contributed by atoms with Crippen molar-refractivity contribution in [1.29, 1.82) is 0 Å². The first-order chi connectivity index (χ1) is 14.0. The van der Waals surface area contributed by atoms with Crippen molar-refractivity contribution in [1.82, 2.24) is 15.4 Å². The van der Waals surface area contributed by atoms with Crippen molar-refractivity contribution in [3.8, 4) is 0 Å². The Morgan fingerprint density at radius 3 is 2.21 bits per heavy atom. The van der Waals surface area contributed by atoms with Gasteiger partial charge in [-0.1, -0.05) is 30.3 Å². The molecule has 29 heavy (non-hydrogen) atoms. The van der Waals surface area contributed by atoms with Gasteiger partial charge in [-0.25, -0.2) is 9.97 Å². The zero-order valence-corrected chi connectivity index (χ0v) is 14.6. The lowest BCUT2D eigenvalue weighted by Gasteiger charge is -2.11. The van der Waals surface area contributed by atoms with Crippen LogP contribution < -0.4 is 16.2 Å². The number of nitrogens with one attached hydrogen (secondary N) is 3. The maximum atomic E-state index is 12.3. The van der Waals surface area contributed by atoms with Crippen LogP contribution in [0.5, 0.6) is 0 Å². The van der Waals surface area contributed by atoms with Gasteiger partial charge in [-0.2, -0.15) is 0 Å². The van der Waals surface area contributed by atoms with Crippen molar-refractivity contribution < 1.29 is 14.6 Å². The Hall–Kier alpha value is -4.61. The van der Waals surface area contributed by atoms with Crippen LogP contribution >= 0.6 is 0 Å². The third-order valence-electron chi connectivity index (χ3n) is 3.68. The van der Waals surface area contributed by atoms with Gasteiger partial charge in [0.25, 0.3) is 11.6 Å². The molecule has 3 aromatic rings. The summed E-state index contributed by atoms with van der Waals surface area (Å²) in [5.41, 5.74) is 3.93. The van der Waals surface area contributed by atoms with E-state index in [1.165, 1.54) is 24.3 Å². The van der Waals surface area contributed by atoms with E-state index < -0.39 is 27.1 Å². The first-order valence-electron chi connectivity index (χ1n) is 8.08. The van der Waals surface area contributed by atoms with Gasteiger partial charge < -0.3 is 5.32 Å². The average molecular weight is 395 g/mol. The highest BCUT2D eigenvalue weighted by Gasteiger charge is 2.25. The van der Waals surface area contributed by atoms with Gasteiger partial charge in [0.05, 0.1) is 9.85 Å². The van der Waals surface area contributed by atoms with Crippen molar-refractivity contribution in [2.75, 3.05) is 10.7 Å². The summed E-state index contributed by atoms with van der Waals surface area (Å²) in [5, 5.41) is 25.4. The fourth-order valence-electron chi connectivity index (χ4n) is 2.40. The Kier molecular flexibility index (Phi) is 5.54. The van der Waals surface area contributed by atoms with Crippen molar-refractivity contribution >= 4 is 34.6 Å². The van der Waals surface area contributed by atoms with E-state index in [4.69, 9.17) is 0 Å². The number of amides is 1. The highest BCUT2D eigenvalue weighted by Crippen LogP contribution is 2.30. The van der Waals surface area contributed by atoms with Crippen molar-refractivity contribution in [2.45, 2.75) is 0 Å². The zero-order valence-electron chi connectivity index (χ0n) is 14.6. The summed E-state index contributed by atoms with van der Waals surface area (Å²) in [6, 6.07) is 13.9. The number of benzene rings is 2. The molecule has 12 heteroatoms. The van der Waals surface area contributed by atoms with Crippen LogP contribution in [-0.4, -0.2) is 25.7 Å². The van der Waals surface area contributed by atoms with Crippen LogP contribution in [0, 0.1) is 20.2 Å². The topological polar surface area (TPSA) is 165 Å². The molecule has 0 fully saturated rings. The highest BCUT2D eigenvalue weighted by atomic mass is 16.6. The lowest BCUT2D eigenvalue weighted by Crippen LogP contribution is -2.30. The van der Waals surface area contributed by atoms with E-state index in [0.29, 0.717) is 5.69 Å². The zero-order chi connectivity index (χ0) is 20.8. The molecule has 0 bridgehead atoms. The highest BCUT2D eigenvalue weighted by molar-refractivity contribution is 5.98. The molecule has 1 heterocycles. The van der Waals surface area contributed by atoms with E-state index >= 15 is 0 Å². The second-order valence-electron chi connectivity index (χ2n) is 5.52. The molecule has 0 atom stereocenters. The third kappa shape index (κ3) is 4.39. The standard InChI is InChI=1S/C17H13N7O5/c25-17(12-8-4-5-9-13(12)23(26)27)22-21-16-14(24(28)29)15(18-10-19-16)20-11-6-2-1-3-7-11/h1-10H,(H,22,25)(H2,18,19,20,21). The second kappa shape index (κ2) is 8.39. The fourth-order valence-corrected chi connectivity index (χ4v) is 2.40. The molecule has 0 aliphatic carbocycles. The number of nitro groups is 2. The lowest BCUT2D eigenvalue weighted by molar-refractivity contribution is -0.385. The number of anilines is 3. The summed E-state index contributed by atoms with van der Waals surface area (Å²) in [4.78, 5) is 41.1. The predicted molar refractivity (Wildman–Crippen MR) is 103 cm³/mol. The van der Waals surface area contributed by atoms with E-state index in [1.54, 1.807) is 30.3 Å². The van der Waals surface area contributed by atoms with Crippen LogP contribution in [0.1, 0.15) is 10.4 Å². The molecule has 3 N–H and O–H groups in total. The number of hydrazine groups is 1. The van der Waals surface area contributed by atoms with E-state index in [-0.39, 0.29) is 17.2 Å². The van der Waals surface area contributed by atoms with Gasteiger partial charge in [-0.15, -0.1) is 0 Å². The average Bonchev–Trinajstić information content (AvgIpc) is 2.72. The van der Waals surface area contributed by atoms with Crippen molar-refractivity contribution in [3.63, 3.8) is 0 Å². The maximum Gasteiger partial charge on any atom is 0.355 e. The molecule has 0 aliphatic heterocycles. The number of para-hydroxylation sites is 2. The largest absolute Gasteiger partial charge is 0.355 e. The number of hydrogen-bond acceptors (Lipinski definition) is 9. The van der Waals surface area contributed by atoms with E-state index in [0.717, 1.165) is 6.33 Å². The molecule has 0 unspecified atom stereocenters. The summed E-state index contributed by atoms with van der Waals surface area (Å²) in [6.07, 6.45) is 1.07. The third-order valence-corrected chi connectivity index (χ3v) is 3.68. The Bertz CT molecular complexity index is 1070. The number of nitrogens with zero attached hydrogens (tertiary/aromatic N) is 4. The minimum atomic E-state index is -0.859. The van der Waals surface area contributed by atoms with Crippen LogP contribution in [0.3, 0.4) is 0 Å². The molecule has 3 rings (SSSR count). The Balaban J connectivity index is 1.84. The van der Waals surface area contributed by atoms with Gasteiger partial charge in [0.15, 0.2) is 0 Å². The van der Waals surface area contributed by atoms with Gasteiger partial charge in [-0.3, -0.25) is 35.9 Å². The van der Waals surface area contributed by atoms with Gasteiger partial charge in [0.2, 0.25) is 11.6 Å². The van der Waals surface area contributed by atoms with Crippen LogP contribution in [0.15, 0.2) is 60.9 Å². The maximum absolute atomic E-state index is 12.3. The summed E-state index contributed by atoms with van der Waals surface area (Å²) in [7, 11) is 0. The van der Waals surface area contributed by atoms with E-state index in [1.807, 2.05) is 0 Å². The first kappa shape index (κ1) is 19.2. The van der Waals surface area contributed by atoms with Crippen LogP contribution in [0.4, 0.5) is 28.7 Å². The van der Waals surface area contributed by atoms with Gasteiger partial charge in [0, 0.05) is 11.8 Å². The van der Waals surface area contributed by atoms with E-state index in [2.05, 4.69) is 26.1 Å². The minimum absolute atomic E-state index is 0.0985. The van der Waals surface area contributed by atoms with Crippen LogP contribution in [-0.2, 0) is 0 Å². The second-order valence-corrected chi connectivity index (χ2v) is 5.52. The Labute approximate surface area is 162 Å². The number of carbonyl (C=O) groups is 1. The number of aromatic nitrogens is 2. The molecule has 0 saturated carbocycles. The van der Waals surface area contributed by atoms with Crippen LogP contribution in [0.2, 0.25) is 0 Å². The first-order valence-corrected chi connectivity index (χ1v) is 8.08. The number of nitro benzene ring substituents is 1. The summed E-state index contributed by atoms with van der Waals surface area (Å²) >= 11 is 0. The molecule has 12 nitrogen and oxygen atoms in total.